The summed E-state index contributed by atoms with van der Waals surface area (Å²) in [5.74, 6) is 0.897. The first kappa shape index (κ1) is 16.1. The number of hydrogen-bond donors (Lipinski definition) is 1. The van der Waals surface area contributed by atoms with E-state index in [1.54, 1.807) is 0 Å². The molecule has 0 heterocycles. The average Bonchev–Trinajstić information content (AvgIpc) is 2.11. The van der Waals surface area contributed by atoms with E-state index in [0.717, 1.165) is 6.54 Å². The van der Waals surface area contributed by atoms with Crippen molar-refractivity contribution in [2.24, 2.45) is 11.8 Å². The Morgan fingerprint density at radius 1 is 1.06 bits per heavy atom. The Labute approximate surface area is 101 Å². The molecule has 0 aromatic heterocycles. The monoisotopic (exact) mass is 257 g/mol. The molecule has 98 valence electrons. The zero-order valence-corrected chi connectivity index (χ0v) is 11.2. The van der Waals surface area contributed by atoms with Crippen molar-refractivity contribution in [3.8, 4) is 0 Å². The lowest BCUT2D eigenvalue weighted by atomic mass is 9.93. The maximum Gasteiger partial charge on any atom is 0.441 e. The lowest BCUT2D eigenvalue weighted by Gasteiger charge is -2.21. The maximum absolute atomic E-state index is 11.9. The van der Waals surface area contributed by atoms with Gasteiger partial charge >= 0.3 is 5.51 Å². The largest absolute Gasteiger partial charge is 0.441 e. The van der Waals surface area contributed by atoms with Crippen molar-refractivity contribution < 1.29 is 13.2 Å². The third-order valence-electron chi connectivity index (χ3n) is 2.66. The number of halogens is 3. The van der Waals surface area contributed by atoms with Crippen LogP contribution < -0.4 is 5.32 Å². The number of nitrogens with one attached hydrogen (secondary N) is 1. The molecule has 0 bridgehead atoms. The van der Waals surface area contributed by atoms with Crippen LogP contribution in [0.15, 0.2) is 0 Å². The average molecular weight is 257 g/mol. The van der Waals surface area contributed by atoms with E-state index in [-0.39, 0.29) is 17.5 Å². The second kappa shape index (κ2) is 7.43. The fourth-order valence-corrected chi connectivity index (χ4v) is 1.99. The summed E-state index contributed by atoms with van der Waals surface area (Å²) in [7, 11) is 0. The molecule has 5 heteroatoms. The maximum atomic E-state index is 11.9. The molecular weight excluding hydrogens is 235 g/mol. The van der Waals surface area contributed by atoms with Crippen LogP contribution in [0.4, 0.5) is 13.2 Å². The molecule has 0 amide bonds. The fourth-order valence-electron chi connectivity index (χ4n) is 1.27. The van der Waals surface area contributed by atoms with Crippen molar-refractivity contribution in [3.05, 3.63) is 0 Å². The smallest absolute Gasteiger partial charge is 0.314 e. The molecule has 0 spiro atoms. The van der Waals surface area contributed by atoms with Crippen LogP contribution in [-0.4, -0.2) is 23.8 Å². The summed E-state index contributed by atoms with van der Waals surface area (Å²) in [6.07, 6.45) is 0.616. The second-order valence-electron chi connectivity index (χ2n) is 4.60. The highest BCUT2D eigenvalue weighted by atomic mass is 32.2. The summed E-state index contributed by atoms with van der Waals surface area (Å²) < 4.78 is 35.7. The standard InChI is InChI=1S/C11H22F3NS/c1-8(2)15-7-10(4)9(3)5-6-16-11(12,13)14/h8-10,15H,5-7H2,1-4H3. The first-order chi connectivity index (χ1) is 7.22. The van der Waals surface area contributed by atoms with E-state index in [1.165, 1.54) is 0 Å². The summed E-state index contributed by atoms with van der Waals surface area (Å²) in [5, 5.41) is 3.30. The predicted molar refractivity (Wildman–Crippen MR) is 64.6 cm³/mol. The molecule has 0 rings (SSSR count). The van der Waals surface area contributed by atoms with Gasteiger partial charge in [0.2, 0.25) is 0 Å². The topological polar surface area (TPSA) is 12.0 Å². The lowest BCUT2D eigenvalue weighted by Crippen LogP contribution is -2.30. The molecule has 1 N–H and O–H groups in total. The molecule has 0 saturated heterocycles. The van der Waals surface area contributed by atoms with Crippen LogP contribution in [0.3, 0.4) is 0 Å². The van der Waals surface area contributed by atoms with Gasteiger partial charge in [-0.3, -0.25) is 0 Å². The minimum atomic E-state index is -4.08. The van der Waals surface area contributed by atoms with E-state index >= 15 is 0 Å². The van der Waals surface area contributed by atoms with Gasteiger partial charge in [-0.1, -0.05) is 39.5 Å². The van der Waals surface area contributed by atoms with E-state index < -0.39 is 5.51 Å². The molecule has 0 aliphatic heterocycles. The zero-order valence-electron chi connectivity index (χ0n) is 10.4. The molecule has 0 aliphatic rings. The Morgan fingerprint density at radius 2 is 1.62 bits per heavy atom. The zero-order chi connectivity index (χ0) is 12.8. The summed E-state index contributed by atoms with van der Waals surface area (Å²) in [6, 6.07) is 0.430. The lowest BCUT2D eigenvalue weighted by molar-refractivity contribution is -0.0328. The summed E-state index contributed by atoms with van der Waals surface area (Å²) in [6.45, 7) is 9.10. The van der Waals surface area contributed by atoms with Crippen LogP contribution in [0.25, 0.3) is 0 Å². The van der Waals surface area contributed by atoms with Crippen LogP contribution in [0, 0.1) is 11.8 Å². The highest BCUT2D eigenvalue weighted by Crippen LogP contribution is 2.32. The molecule has 0 radical (unpaired) electrons. The summed E-state index contributed by atoms with van der Waals surface area (Å²) in [4.78, 5) is 0. The minimum absolute atomic E-state index is 0.0833. The Kier molecular flexibility index (Phi) is 7.48. The first-order valence-corrected chi connectivity index (χ1v) is 6.65. The Morgan fingerprint density at radius 3 is 2.06 bits per heavy atom. The van der Waals surface area contributed by atoms with Gasteiger partial charge in [-0.2, -0.15) is 13.2 Å². The highest BCUT2D eigenvalue weighted by molar-refractivity contribution is 8.00. The molecule has 2 unspecified atom stereocenters. The number of rotatable bonds is 7. The molecule has 2 atom stereocenters. The van der Waals surface area contributed by atoms with Gasteiger partial charge < -0.3 is 5.32 Å². The van der Waals surface area contributed by atoms with Gasteiger partial charge in [0.15, 0.2) is 0 Å². The molecule has 0 aromatic carbocycles. The Bertz CT molecular complexity index is 183. The van der Waals surface area contributed by atoms with Gasteiger partial charge in [-0.25, -0.2) is 0 Å². The van der Waals surface area contributed by atoms with Gasteiger partial charge in [0.1, 0.15) is 0 Å². The first-order valence-electron chi connectivity index (χ1n) is 5.66. The van der Waals surface area contributed by atoms with Crippen LogP contribution in [0.5, 0.6) is 0 Å². The van der Waals surface area contributed by atoms with Crippen molar-refractivity contribution in [2.75, 3.05) is 12.3 Å². The number of hydrogen-bond acceptors (Lipinski definition) is 2. The summed E-state index contributed by atoms with van der Waals surface area (Å²) in [5.41, 5.74) is -4.08. The van der Waals surface area contributed by atoms with Crippen molar-refractivity contribution in [1.29, 1.82) is 0 Å². The van der Waals surface area contributed by atoms with Gasteiger partial charge in [-0.05, 0) is 24.8 Å². The predicted octanol–water partition coefficient (Wildman–Crippen LogP) is 3.90. The molecule has 1 nitrogen and oxygen atoms in total. The molecule has 0 aromatic rings. The van der Waals surface area contributed by atoms with Crippen LogP contribution in [0.2, 0.25) is 0 Å². The molecule has 0 saturated carbocycles. The third-order valence-corrected chi connectivity index (χ3v) is 3.43. The van der Waals surface area contributed by atoms with Crippen molar-refractivity contribution in [3.63, 3.8) is 0 Å². The van der Waals surface area contributed by atoms with Gasteiger partial charge in [0, 0.05) is 11.8 Å². The SMILES string of the molecule is CC(C)NCC(C)C(C)CCSC(F)(F)F. The molecule has 0 aliphatic carbocycles. The highest BCUT2D eigenvalue weighted by Gasteiger charge is 2.28. The van der Waals surface area contributed by atoms with E-state index in [9.17, 15) is 13.2 Å². The summed E-state index contributed by atoms with van der Waals surface area (Å²) >= 11 is 0.0833. The second-order valence-corrected chi connectivity index (χ2v) is 5.76. The van der Waals surface area contributed by atoms with E-state index in [1.807, 2.05) is 6.92 Å². The van der Waals surface area contributed by atoms with Gasteiger partial charge in [-0.15, -0.1) is 0 Å². The van der Waals surface area contributed by atoms with Gasteiger partial charge in [0.25, 0.3) is 0 Å². The van der Waals surface area contributed by atoms with Gasteiger partial charge in [0.05, 0.1) is 0 Å². The van der Waals surface area contributed by atoms with E-state index in [2.05, 4.69) is 26.1 Å². The number of alkyl halides is 3. The van der Waals surface area contributed by atoms with E-state index in [0.29, 0.717) is 24.3 Å². The van der Waals surface area contributed by atoms with Crippen LogP contribution >= 0.6 is 11.8 Å². The molecular formula is C11H22F3NS. The van der Waals surface area contributed by atoms with Crippen LogP contribution in [-0.2, 0) is 0 Å². The Balaban J connectivity index is 3.67. The van der Waals surface area contributed by atoms with Crippen molar-refractivity contribution >= 4 is 11.8 Å². The number of thioether (sulfide) groups is 1. The van der Waals surface area contributed by atoms with Crippen molar-refractivity contribution in [2.45, 2.75) is 45.7 Å². The molecule has 0 fully saturated rings. The molecule has 16 heavy (non-hydrogen) atoms. The quantitative estimate of drug-likeness (QED) is 0.742. The normalized spacial score (nSPS) is 16.5. The fraction of sp³-hybridized carbons (Fsp3) is 1.00. The van der Waals surface area contributed by atoms with E-state index in [4.69, 9.17) is 0 Å². The van der Waals surface area contributed by atoms with Crippen LogP contribution in [0.1, 0.15) is 34.1 Å². The third kappa shape index (κ3) is 9.33. The van der Waals surface area contributed by atoms with Crippen molar-refractivity contribution in [1.82, 2.24) is 5.32 Å². The minimum Gasteiger partial charge on any atom is -0.314 e. The Hall–Kier alpha value is 0.100.